The lowest BCUT2D eigenvalue weighted by molar-refractivity contribution is -0.384. The molecule has 0 saturated carbocycles. The lowest BCUT2D eigenvalue weighted by Crippen LogP contribution is -2.47. The van der Waals surface area contributed by atoms with Crippen LogP contribution >= 0.6 is 0 Å². The van der Waals surface area contributed by atoms with Gasteiger partial charge in [-0.1, -0.05) is 24.3 Å². The number of nitro groups is 1. The number of hydrogen-bond donors (Lipinski definition) is 1. The van der Waals surface area contributed by atoms with Crippen molar-refractivity contribution in [3.8, 4) is 0 Å². The van der Waals surface area contributed by atoms with Gasteiger partial charge in [0.1, 0.15) is 0 Å². The van der Waals surface area contributed by atoms with Gasteiger partial charge in [0.25, 0.3) is 11.6 Å². The van der Waals surface area contributed by atoms with E-state index in [1.165, 1.54) is 24.3 Å². The molecule has 1 N–H and O–H groups in total. The van der Waals surface area contributed by atoms with Crippen LogP contribution in [0.5, 0.6) is 0 Å². The molecule has 8 nitrogen and oxygen atoms in total. The summed E-state index contributed by atoms with van der Waals surface area (Å²) in [6, 6.07) is 12.9. The Morgan fingerprint density at radius 2 is 1.79 bits per heavy atom. The van der Waals surface area contributed by atoms with E-state index in [0.717, 1.165) is 13.1 Å². The zero-order valence-corrected chi connectivity index (χ0v) is 16.1. The molecule has 1 saturated heterocycles. The van der Waals surface area contributed by atoms with Gasteiger partial charge in [0.15, 0.2) is 0 Å². The van der Waals surface area contributed by atoms with Gasteiger partial charge in [-0.15, -0.1) is 0 Å². The van der Waals surface area contributed by atoms with Crippen molar-refractivity contribution in [3.05, 3.63) is 75.8 Å². The third-order valence-corrected chi connectivity index (χ3v) is 4.71. The third-order valence-electron chi connectivity index (χ3n) is 4.71. The summed E-state index contributed by atoms with van der Waals surface area (Å²) in [5, 5.41) is 13.6. The van der Waals surface area contributed by atoms with E-state index in [1.54, 1.807) is 41.3 Å². The summed E-state index contributed by atoms with van der Waals surface area (Å²) < 4.78 is 0. The molecule has 2 amide bonds. The van der Waals surface area contributed by atoms with Crippen molar-refractivity contribution < 1.29 is 14.5 Å². The Kier molecular flexibility index (Phi) is 6.36. The Morgan fingerprint density at radius 3 is 2.52 bits per heavy atom. The molecule has 150 valence electrons. The molecule has 2 aromatic carbocycles. The number of nitrogens with one attached hydrogen (secondary N) is 1. The van der Waals surface area contributed by atoms with Crippen LogP contribution in [0.25, 0.3) is 6.08 Å². The number of benzene rings is 2. The minimum absolute atomic E-state index is 0.0457. The van der Waals surface area contributed by atoms with Crippen LogP contribution in [-0.2, 0) is 4.79 Å². The van der Waals surface area contributed by atoms with Crippen LogP contribution in [0.15, 0.2) is 54.6 Å². The van der Waals surface area contributed by atoms with Gasteiger partial charge in [-0.05, 0) is 30.8 Å². The number of carbonyl (C=O) groups is 2. The van der Waals surface area contributed by atoms with Crippen LogP contribution in [0, 0.1) is 10.1 Å². The molecule has 0 aliphatic carbocycles. The molecule has 29 heavy (non-hydrogen) atoms. The predicted molar refractivity (Wildman–Crippen MR) is 111 cm³/mol. The number of non-ortho nitro benzene ring substituents is 1. The second kappa shape index (κ2) is 9.11. The molecule has 0 aromatic heterocycles. The van der Waals surface area contributed by atoms with E-state index < -0.39 is 10.8 Å². The maximum Gasteiger partial charge on any atom is 0.270 e. The van der Waals surface area contributed by atoms with Crippen LogP contribution in [0.1, 0.15) is 15.9 Å². The second-order valence-electron chi connectivity index (χ2n) is 6.82. The van der Waals surface area contributed by atoms with Crippen molar-refractivity contribution in [1.82, 2.24) is 9.80 Å². The first-order valence-corrected chi connectivity index (χ1v) is 9.24. The Morgan fingerprint density at radius 1 is 1.07 bits per heavy atom. The normalized spacial score (nSPS) is 14.7. The highest BCUT2D eigenvalue weighted by molar-refractivity contribution is 6.07. The number of amides is 2. The fourth-order valence-corrected chi connectivity index (χ4v) is 3.05. The summed E-state index contributed by atoms with van der Waals surface area (Å²) in [5.41, 5.74) is 1.37. The van der Waals surface area contributed by atoms with Gasteiger partial charge in [-0.3, -0.25) is 19.7 Å². The van der Waals surface area contributed by atoms with Gasteiger partial charge in [-0.25, -0.2) is 0 Å². The maximum atomic E-state index is 12.9. The van der Waals surface area contributed by atoms with Gasteiger partial charge in [-0.2, -0.15) is 0 Å². The molecule has 1 aliphatic heterocycles. The van der Waals surface area contributed by atoms with E-state index in [-0.39, 0.29) is 11.6 Å². The highest BCUT2D eigenvalue weighted by Crippen LogP contribution is 2.19. The van der Waals surface area contributed by atoms with Crippen molar-refractivity contribution in [2.75, 3.05) is 38.5 Å². The van der Waals surface area contributed by atoms with Gasteiger partial charge >= 0.3 is 0 Å². The van der Waals surface area contributed by atoms with Crippen LogP contribution < -0.4 is 5.32 Å². The predicted octanol–water partition coefficient (Wildman–Crippen LogP) is 2.63. The zero-order valence-electron chi connectivity index (χ0n) is 16.1. The fraction of sp³-hybridized carbons (Fsp3) is 0.238. The lowest BCUT2D eigenvalue weighted by Gasteiger charge is -2.32. The molecule has 0 spiro atoms. The molecular formula is C21H22N4O4. The topological polar surface area (TPSA) is 95.8 Å². The first-order valence-electron chi connectivity index (χ1n) is 9.24. The monoisotopic (exact) mass is 394 g/mol. The Balaban J connectivity index is 1.70. The number of rotatable bonds is 5. The number of hydrogen-bond acceptors (Lipinski definition) is 5. The van der Waals surface area contributed by atoms with Crippen molar-refractivity contribution in [1.29, 1.82) is 0 Å². The number of anilines is 1. The summed E-state index contributed by atoms with van der Waals surface area (Å²) in [4.78, 5) is 39.5. The second-order valence-corrected chi connectivity index (χ2v) is 6.82. The Bertz CT molecular complexity index is 949. The maximum absolute atomic E-state index is 12.9. The fourth-order valence-electron chi connectivity index (χ4n) is 3.05. The summed E-state index contributed by atoms with van der Waals surface area (Å²) in [5.74, 6) is -0.535. The number of nitro benzene ring substituents is 1. The molecule has 3 rings (SSSR count). The standard InChI is InChI=1S/C21H22N4O4/c1-23-11-13-24(14-12-23)21(27)18-7-2-3-8-19(18)22-20(26)10-9-16-5-4-6-17(15-16)25(28)29/h2-10,15H,11-14H2,1H3,(H,22,26)/b10-9+. The molecule has 1 heterocycles. The van der Waals surface area contributed by atoms with Crippen LogP contribution in [0.4, 0.5) is 11.4 Å². The summed E-state index contributed by atoms with van der Waals surface area (Å²) in [6.45, 7) is 2.91. The highest BCUT2D eigenvalue weighted by Gasteiger charge is 2.22. The first-order chi connectivity index (χ1) is 13.9. The Labute approximate surface area is 168 Å². The molecule has 1 fully saturated rings. The number of nitrogens with zero attached hydrogens (tertiary/aromatic N) is 3. The van der Waals surface area contributed by atoms with E-state index in [2.05, 4.69) is 10.2 Å². The van der Waals surface area contributed by atoms with E-state index in [4.69, 9.17) is 0 Å². The van der Waals surface area contributed by atoms with E-state index in [9.17, 15) is 19.7 Å². The molecule has 0 atom stereocenters. The molecule has 8 heteroatoms. The highest BCUT2D eigenvalue weighted by atomic mass is 16.6. The van der Waals surface area contributed by atoms with E-state index in [0.29, 0.717) is 29.9 Å². The van der Waals surface area contributed by atoms with Crippen LogP contribution in [-0.4, -0.2) is 59.8 Å². The van der Waals surface area contributed by atoms with Crippen LogP contribution in [0.3, 0.4) is 0 Å². The lowest BCUT2D eigenvalue weighted by atomic mass is 10.1. The van der Waals surface area contributed by atoms with Gasteiger partial charge in [0, 0.05) is 44.4 Å². The van der Waals surface area contributed by atoms with E-state index >= 15 is 0 Å². The number of para-hydroxylation sites is 1. The number of carbonyl (C=O) groups excluding carboxylic acids is 2. The quantitative estimate of drug-likeness (QED) is 0.478. The first kappa shape index (κ1) is 20.2. The molecule has 0 bridgehead atoms. The van der Waals surface area contributed by atoms with Crippen molar-refractivity contribution >= 4 is 29.3 Å². The zero-order chi connectivity index (χ0) is 20.8. The average Bonchev–Trinajstić information content (AvgIpc) is 2.73. The Hall–Kier alpha value is -3.52. The van der Waals surface area contributed by atoms with Gasteiger partial charge in [0.2, 0.25) is 5.91 Å². The van der Waals surface area contributed by atoms with Crippen molar-refractivity contribution in [2.45, 2.75) is 0 Å². The molecule has 0 unspecified atom stereocenters. The largest absolute Gasteiger partial charge is 0.336 e. The van der Waals surface area contributed by atoms with Crippen molar-refractivity contribution in [3.63, 3.8) is 0 Å². The minimum atomic E-state index is -0.488. The average molecular weight is 394 g/mol. The smallest absolute Gasteiger partial charge is 0.270 e. The minimum Gasteiger partial charge on any atom is -0.336 e. The van der Waals surface area contributed by atoms with Crippen molar-refractivity contribution in [2.24, 2.45) is 0 Å². The number of piperazine rings is 1. The molecule has 1 aliphatic rings. The van der Waals surface area contributed by atoms with Gasteiger partial charge in [0.05, 0.1) is 16.2 Å². The summed E-state index contributed by atoms with van der Waals surface area (Å²) >= 11 is 0. The molecule has 2 aromatic rings. The summed E-state index contributed by atoms with van der Waals surface area (Å²) in [7, 11) is 2.02. The number of likely N-dealkylation sites (N-methyl/N-ethyl adjacent to an activating group) is 1. The molecule has 0 radical (unpaired) electrons. The third kappa shape index (κ3) is 5.26. The van der Waals surface area contributed by atoms with E-state index in [1.807, 2.05) is 7.05 Å². The SMILES string of the molecule is CN1CCN(C(=O)c2ccccc2NC(=O)/C=C/c2cccc([N+](=O)[O-])c2)CC1. The summed E-state index contributed by atoms with van der Waals surface area (Å²) in [6.07, 6.45) is 2.78. The van der Waals surface area contributed by atoms with Crippen LogP contribution in [0.2, 0.25) is 0 Å². The molecular weight excluding hydrogens is 372 g/mol. The van der Waals surface area contributed by atoms with Gasteiger partial charge < -0.3 is 15.1 Å².